The fourth-order valence-electron chi connectivity index (χ4n) is 2.91. The minimum Gasteiger partial charge on any atom is -0.358 e. The Labute approximate surface area is 175 Å². The van der Waals surface area contributed by atoms with Gasteiger partial charge in [-0.1, -0.05) is 12.1 Å². The second-order valence-corrected chi connectivity index (χ2v) is 6.91. The lowest BCUT2D eigenvalue weighted by Crippen LogP contribution is -2.50. The van der Waals surface area contributed by atoms with E-state index in [1.165, 1.54) is 47.4 Å². The van der Waals surface area contributed by atoms with Crippen molar-refractivity contribution in [1.29, 1.82) is 0 Å². The molecule has 2 aromatic carbocycles. The van der Waals surface area contributed by atoms with E-state index >= 15 is 0 Å². The van der Waals surface area contributed by atoms with E-state index in [2.05, 4.69) is 16.4 Å². The number of benzene rings is 2. The Kier molecular flexibility index (Phi) is 9.73. The minimum absolute atomic E-state index is 0.0248. The van der Waals surface area contributed by atoms with Crippen LogP contribution in [0, 0.1) is 11.6 Å². The van der Waals surface area contributed by atoms with Gasteiger partial charge < -0.3 is 16.4 Å². The molecule has 2 rings (SSSR count). The second-order valence-electron chi connectivity index (χ2n) is 6.91. The smallest absolute Gasteiger partial charge is 0.326 e. The number of anilines is 2. The number of nitrogens with zero attached hydrogens (tertiary/aromatic N) is 1. The molecule has 162 valence electrons. The maximum absolute atomic E-state index is 13.9. The van der Waals surface area contributed by atoms with Crippen LogP contribution in [0.3, 0.4) is 0 Å². The normalized spacial score (nSPS) is 10.5. The molecule has 0 atom stereocenters. The molecule has 0 aromatic heterocycles. The summed E-state index contributed by atoms with van der Waals surface area (Å²) in [7, 11) is 0. The Balaban J connectivity index is 1.92. The van der Waals surface area contributed by atoms with Crippen LogP contribution in [0.15, 0.2) is 48.5 Å². The molecule has 6 nitrogen and oxygen atoms in total. The molecule has 5 N–H and O–H groups in total. The first-order valence-corrected chi connectivity index (χ1v) is 10.2. The van der Waals surface area contributed by atoms with E-state index in [4.69, 9.17) is 0 Å². The standard InChI is InChI=1S/C22H28F2N4O2/c23-17-10-12-18(13-11-17)28(22(30)27-20-8-4-3-7-19(20)24)16-6-15-26-21(29)9-2-1-5-14-25/h3-4,7-8,10-13H,1-2,5-6,9,14-16,25H2,(H,26,29)(H,27,30)/p+1. The van der Waals surface area contributed by atoms with E-state index in [1.54, 1.807) is 6.07 Å². The molecule has 0 aliphatic carbocycles. The molecule has 2 aromatic rings. The Morgan fingerprint density at radius 2 is 1.67 bits per heavy atom. The number of nitrogens with one attached hydrogen (secondary N) is 2. The molecule has 30 heavy (non-hydrogen) atoms. The van der Waals surface area contributed by atoms with Gasteiger partial charge in [0.1, 0.15) is 11.6 Å². The maximum atomic E-state index is 13.9. The number of quaternary nitrogens is 1. The summed E-state index contributed by atoms with van der Waals surface area (Å²) in [6.07, 6.45) is 3.78. The summed E-state index contributed by atoms with van der Waals surface area (Å²) < 4.78 is 27.2. The topological polar surface area (TPSA) is 89.1 Å². The van der Waals surface area contributed by atoms with Gasteiger partial charge in [0.25, 0.3) is 0 Å². The van der Waals surface area contributed by atoms with Crippen LogP contribution in [-0.4, -0.2) is 31.6 Å². The highest BCUT2D eigenvalue weighted by Crippen LogP contribution is 2.19. The number of halogens is 2. The molecule has 0 spiro atoms. The van der Waals surface area contributed by atoms with E-state index in [1.807, 2.05) is 0 Å². The Hall–Kier alpha value is -3.00. The van der Waals surface area contributed by atoms with Crippen molar-refractivity contribution < 1.29 is 24.1 Å². The highest BCUT2D eigenvalue weighted by molar-refractivity contribution is 6.01. The van der Waals surface area contributed by atoms with Crippen molar-refractivity contribution in [3.8, 4) is 0 Å². The van der Waals surface area contributed by atoms with Gasteiger partial charge in [-0.15, -0.1) is 0 Å². The molecular formula is C22H29F2N4O2+. The van der Waals surface area contributed by atoms with Gasteiger partial charge in [-0.05, 0) is 62.1 Å². The summed E-state index contributed by atoms with van der Waals surface area (Å²) in [5.74, 6) is -0.987. The highest BCUT2D eigenvalue weighted by Gasteiger charge is 2.17. The van der Waals surface area contributed by atoms with Crippen LogP contribution in [0.4, 0.5) is 25.0 Å². The third-order valence-electron chi connectivity index (χ3n) is 4.53. The number of para-hydroxylation sites is 1. The summed E-state index contributed by atoms with van der Waals surface area (Å²) in [6, 6.07) is 10.8. The molecular weight excluding hydrogens is 390 g/mol. The predicted octanol–water partition coefficient (Wildman–Crippen LogP) is 3.31. The fourth-order valence-corrected chi connectivity index (χ4v) is 2.91. The van der Waals surface area contributed by atoms with Crippen molar-refractivity contribution in [1.82, 2.24) is 5.32 Å². The van der Waals surface area contributed by atoms with Crippen LogP contribution in [0.1, 0.15) is 32.1 Å². The summed E-state index contributed by atoms with van der Waals surface area (Å²) in [5.41, 5.74) is 4.31. The third-order valence-corrected chi connectivity index (χ3v) is 4.53. The maximum Gasteiger partial charge on any atom is 0.326 e. The molecule has 0 unspecified atom stereocenters. The number of carbonyl (C=O) groups excluding carboxylic acids is 2. The first-order valence-electron chi connectivity index (χ1n) is 10.2. The van der Waals surface area contributed by atoms with Crippen LogP contribution in [0.25, 0.3) is 0 Å². The monoisotopic (exact) mass is 419 g/mol. The first kappa shape index (κ1) is 23.3. The number of amides is 3. The average Bonchev–Trinajstić information content (AvgIpc) is 2.74. The van der Waals surface area contributed by atoms with Gasteiger partial charge in [-0.25, -0.2) is 13.6 Å². The Morgan fingerprint density at radius 1 is 0.933 bits per heavy atom. The quantitative estimate of drug-likeness (QED) is 0.488. The number of rotatable bonds is 11. The molecule has 0 saturated carbocycles. The zero-order valence-electron chi connectivity index (χ0n) is 17.0. The van der Waals surface area contributed by atoms with Crippen LogP contribution < -0.4 is 21.3 Å². The lowest BCUT2D eigenvalue weighted by molar-refractivity contribution is -0.368. The van der Waals surface area contributed by atoms with Crippen molar-refractivity contribution in [2.75, 3.05) is 29.9 Å². The lowest BCUT2D eigenvalue weighted by Gasteiger charge is -2.23. The molecule has 0 radical (unpaired) electrons. The molecule has 8 heteroatoms. The van der Waals surface area contributed by atoms with Crippen LogP contribution >= 0.6 is 0 Å². The number of hydrogen-bond acceptors (Lipinski definition) is 2. The molecule has 0 heterocycles. The van der Waals surface area contributed by atoms with Crippen LogP contribution in [-0.2, 0) is 4.79 Å². The van der Waals surface area contributed by atoms with E-state index in [0.29, 0.717) is 25.1 Å². The summed E-state index contributed by atoms with van der Waals surface area (Å²) in [5, 5.41) is 5.38. The molecule has 0 fully saturated rings. The predicted molar refractivity (Wildman–Crippen MR) is 113 cm³/mol. The van der Waals surface area contributed by atoms with Gasteiger partial charge in [0.2, 0.25) is 5.91 Å². The van der Waals surface area contributed by atoms with E-state index < -0.39 is 17.7 Å². The zero-order chi connectivity index (χ0) is 21.8. The number of unbranched alkanes of at least 4 members (excludes halogenated alkanes) is 2. The van der Waals surface area contributed by atoms with Gasteiger partial charge in [0, 0.05) is 25.2 Å². The fraction of sp³-hybridized carbons (Fsp3) is 0.364. The van der Waals surface area contributed by atoms with Crippen molar-refractivity contribution >= 4 is 23.3 Å². The number of urea groups is 1. The molecule has 0 saturated heterocycles. The van der Waals surface area contributed by atoms with Crippen LogP contribution in [0.2, 0.25) is 0 Å². The Bertz CT molecular complexity index is 815. The highest BCUT2D eigenvalue weighted by atomic mass is 19.1. The number of hydrogen-bond donors (Lipinski definition) is 3. The lowest BCUT2D eigenvalue weighted by atomic mass is 10.2. The summed E-state index contributed by atoms with van der Waals surface area (Å²) in [6.45, 7) is 1.54. The van der Waals surface area contributed by atoms with E-state index in [-0.39, 0.29) is 18.1 Å². The van der Waals surface area contributed by atoms with Crippen molar-refractivity contribution in [3.63, 3.8) is 0 Å². The van der Waals surface area contributed by atoms with Crippen molar-refractivity contribution in [2.45, 2.75) is 32.1 Å². The van der Waals surface area contributed by atoms with Gasteiger partial charge in [0.15, 0.2) is 0 Å². The molecule has 0 aliphatic rings. The second kappa shape index (κ2) is 12.5. The van der Waals surface area contributed by atoms with Crippen molar-refractivity contribution in [2.24, 2.45) is 0 Å². The average molecular weight is 419 g/mol. The largest absolute Gasteiger partial charge is 0.358 e. The van der Waals surface area contributed by atoms with E-state index in [9.17, 15) is 18.4 Å². The van der Waals surface area contributed by atoms with Gasteiger partial charge >= 0.3 is 6.03 Å². The van der Waals surface area contributed by atoms with E-state index in [0.717, 1.165) is 25.8 Å². The summed E-state index contributed by atoms with van der Waals surface area (Å²) >= 11 is 0. The van der Waals surface area contributed by atoms with Gasteiger partial charge in [-0.3, -0.25) is 9.69 Å². The van der Waals surface area contributed by atoms with Gasteiger partial charge in [0.05, 0.1) is 12.2 Å². The molecule has 3 amide bonds. The van der Waals surface area contributed by atoms with Crippen molar-refractivity contribution in [3.05, 3.63) is 60.2 Å². The third kappa shape index (κ3) is 7.79. The van der Waals surface area contributed by atoms with Gasteiger partial charge in [-0.2, -0.15) is 0 Å². The SMILES string of the molecule is [NH3+]CCCCCC(=O)NCCCN(C(=O)Nc1ccccc1F)c1ccc(F)cc1. The summed E-state index contributed by atoms with van der Waals surface area (Å²) in [4.78, 5) is 26.0. The number of carbonyl (C=O) groups is 2. The Morgan fingerprint density at radius 3 is 2.37 bits per heavy atom. The van der Waals surface area contributed by atoms with Crippen LogP contribution in [0.5, 0.6) is 0 Å². The first-order chi connectivity index (χ1) is 14.5. The molecule has 0 bridgehead atoms. The molecule has 0 aliphatic heterocycles. The minimum atomic E-state index is -0.545. The zero-order valence-corrected chi connectivity index (χ0v) is 17.0.